The second-order valence-electron chi connectivity index (χ2n) is 7.78. The van der Waals surface area contributed by atoms with Crippen LogP contribution < -0.4 is 4.90 Å². The summed E-state index contributed by atoms with van der Waals surface area (Å²) in [5, 5.41) is 9.70. The molecule has 8 heteroatoms. The van der Waals surface area contributed by atoms with E-state index in [-0.39, 0.29) is 5.91 Å². The Morgan fingerprint density at radius 3 is 2.79 bits per heavy atom. The molecule has 0 spiro atoms. The number of amides is 1. The Labute approximate surface area is 176 Å². The lowest BCUT2D eigenvalue weighted by Crippen LogP contribution is -2.43. The number of carbonyl (C=O) groups excluding carboxylic acids is 1. The zero-order valence-electron chi connectivity index (χ0n) is 17.2. The number of hydrogen-bond acceptors (Lipinski definition) is 6. The fourth-order valence-electron chi connectivity index (χ4n) is 3.99. The lowest BCUT2D eigenvalue weighted by Gasteiger charge is -2.33. The number of nitrogens with zero attached hydrogens (tertiary/aromatic N) is 5. The summed E-state index contributed by atoms with van der Waals surface area (Å²) < 4.78 is 7.57. The summed E-state index contributed by atoms with van der Waals surface area (Å²) in [6.07, 6.45) is 3.40. The molecular weight excluding hydrogens is 386 g/mol. The van der Waals surface area contributed by atoms with Gasteiger partial charge in [-0.15, -0.1) is 10.2 Å². The summed E-state index contributed by atoms with van der Waals surface area (Å²) in [6.45, 7) is 8.05. The summed E-state index contributed by atoms with van der Waals surface area (Å²) in [4.78, 5) is 17.0. The Morgan fingerprint density at radius 2 is 2.03 bits per heavy atom. The number of carbonyl (C=O) groups is 1. The van der Waals surface area contributed by atoms with Gasteiger partial charge in [0.15, 0.2) is 5.16 Å². The van der Waals surface area contributed by atoms with Crippen molar-refractivity contribution in [3.8, 4) is 5.69 Å². The van der Waals surface area contributed by atoms with Crippen LogP contribution in [0.1, 0.15) is 31.7 Å². The van der Waals surface area contributed by atoms with Gasteiger partial charge in [0, 0.05) is 25.7 Å². The predicted octanol–water partition coefficient (Wildman–Crippen LogP) is 2.91. The summed E-state index contributed by atoms with van der Waals surface area (Å²) in [5.74, 6) is 1.39. The Hall–Kier alpha value is -2.06. The van der Waals surface area contributed by atoms with Crippen LogP contribution >= 0.6 is 11.8 Å². The van der Waals surface area contributed by atoms with Crippen molar-refractivity contribution in [2.45, 2.75) is 44.3 Å². The van der Waals surface area contributed by atoms with E-state index >= 15 is 0 Å². The maximum atomic E-state index is 12.8. The van der Waals surface area contributed by atoms with Crippen LogP contribution in [0, 0.1) is 6.92 Å². The number of rotatable bonds is 5. The molecule has 1 atom stereocenters. The van der Waals surface area contributed by atoms with Gasteiger partial charge in [0.25, 0.3) is 0 Å². The molecule has 2 fully saturated rings. The van der Waals surface area contributed by atoms with Gasteiger partial charge in [-0.3, -0.25) is 9.36 Å². The van der Waals surface area contributed by atoms with E-state index in [4.69, 9.17) is 4.74 Å². The SMILES string of the molecule is Cc1cccc(-n2c(SCC(=O)N3CCCCC3C)nnc2N2CCOCC2)c1. The molecular formula is C21H29N5O2S. The Bertz CT molecular complexity index is 849. The number of anilines is 1. The second-order valence-corrected chi connectivity index (χ2v) is 8.72. The van der Waals surface area contributed by atoms with Crippen LogP contribution in [-0.4, -0.2) is 70.2 Å². The average molecular weight is 416 g/mol. The van der Waals surface area contributed by atoms with Gasteiger partial charge in [0.1, 0.15) is 0 Å². The minimum Gasteiger partial charge on any atom is -0.378 e. The fourth-order valence-corrected chi connectivity index (χ4v) is 4.83. The van der Waals surface area contributed by atoms with Crippen molar-refractivity contribution in [1.82, 2.24) is 19.7 Å². The Kier molecular flexibility index (Phi) is 6.40. The third-order valence-corrected chi connectivity index (χ3v) is 6.53. The van der Waals surface area contributed by atoms with Crippen molar-refractivity contribution in [3.05, 3.63) is 29.8 Å². The summed E-state index contributed by atoms with van der Waals surface area (Å²) >= 11 is 1.48. The van der Waals surface area contributed by atoms with Crippen LogP contribution in [0.25, 0.3) is 5.69 Å². The van der Waals surface area contributed by atoms with Crippen LogP contribution in [0.4, 0.5) is 5.95 Å². The number of ether oxygens (including phenoxy) is 1. The van der Waals surface area contributed by atoms with E-state index in [2.05, 4.69) is 51.7 Å². The summed E-state index contributed by atoms with van der Waals surface area (Å²) in [5.41, 5.74) is 2.20. The molecule has 0 radical (unpaired) electrons. The highest BCUT2D eigenvalue weighted by atomic mass is 32.2. The van der Waals surface area contributed by atoms with E-state index in [0.29, 0.717) is 25.0 Å². The van der Waals surface area contributed by atoms with Crippen molar-refractivity contribution in [3.63, 3.8) is 0 Å². The Balaban J connectivity index is 1.57. The molecule has 7 nitrogen and oxygen atoms in total. The minimum absolute atomic E-state index is 0.189. The van der Waals surface area contributed by atoms with Crippen LogP contribution in [0.15, 0.2) is 29.4 Å². The van der Waals surface area contributed by atoms with Gasteiger partial charge in [0.2, 0.25) is 11.9 Å². The van der Waals surface area contributed by atoms with E-state index in [1.807, 2.05) is 11.0 Å². The molecule has 4 rings (SSSR count). The lowest BCUT2D eigenvalue weighted by atomic mass is 10.0. The first-order valence-electron chi connectivity index (χ1n) is 10.4. The van der Waals surface area contributed by atoms with Gasteiger partial charge >= 0.3 is 0 Å². The maximum absolute atomic E-state index is 12.8. The first kappa shape index (κ1) is 20.2. The molecule has 1 aromatic carbocycles. The standard InChI is InChI=1S/C21H29N5O2S/c1-16-6-5-8-18(14-16)26-20(24-10-12-28-13-11-24)22-23-21(26)29-15-19(27)25-9-4-3-7-17(25)2/h5-6,8,14,17H,3-4,7,9-13,15H2,1-2H3. The molecule has 29 heavy (non-hydrogen) atoms. The number of likely N-dealkylation sites (tertiary alicyclic amines) is 1. The van der Waals surface area contributed by atoms with Crippen molar-refractivity contribution >= 4 is 23.6 Å². The molecule has 0 aliphatic carbocycles. The number of morpholine rings is 1. The van der Waals surface area contributed by atoms with Gasteiger partial charge in [-0.25, -0.2) is 0 Å². The molecule has 2 aromatic rings. The highest BCUT2D eigenvalue weighted by Gasteiger charge is 2.26. The quantitative estimate of drug-likeness (QED) is 0.700. The van der Waals surface area contributed by atoms with Gasteiger partial charge in [-0.2, -0.15) is 0 Å². The van der Waals surface area contributed by atoms with Gasteiger partial charge in [-0.05, 0) is 50.8 Å². The number of hydrogen-bond donors (Lipinski definition) is 0. The van der Waals surface area contributed by atoms with Gasteiger partial charge < -0.3 is 14.5 Å². The van der Waals surface area contributed by atoms with E-state index < -0.39 is 0 Å². The summed E-state index contributed by atoms with van der Waals surface area (Å²) in [6, 6.07) is 8.65. The molecule has 2 aliphatic heterocycles. The molecule has 1 aromatic heterocycles. The van der Waals surface area contributed by atoms with Crippen molar-refractivity contribution in [2.75, 3.05) is 43.5 Å². The van der Waals surface area contributed by atoms with Crippen molar-refractivity contribution in [2.24, 2.45) is 0 Å². The Morgan fingerprint density at radius 1 is 1.21 bits per heavy atom. The monoisotopic (exact) mass is 415 g/mol. The smallest absolute Gasteiger partial charge is 0.233 e. The molecule has 3 heterocycles. The van der Waals surface area contributed by atoms with Crippen LogP contribution in [-0.2, 0) is 9.53 Å². The van der Waals surface area contributed by atoms with E-state index in [1.165, 1.54) is 23.7 Å². The van der Waals surface area contributed by atoms with E-state index in [1.54, 1.807) is 0 Å². The number of aromatic nitrogens is 3. The number of piperidine rings is 1. The second kappa shape index (κ2) is 9.17. The molecule has 0 bridgehead atoms. The van der Waals surface area contributed by atoms with E-state index in [0.717, 1.165) is 49.3 Å². The van der Waals surface area contributed by atoms with Crippen LogP contribution in [0.3, 0.4) is 0 Å². The number of benzene rings is 1. The molecule has 1 amide bonds. The zero-order valence-corrected chi connectivity index (χ0v) is 18.0. The molecule has 0 N–H and O–H groups in total. The zero-order chi connectivity index (χ0) is 20.2. The molecule has 2 aliphatic rings. The first-order valence-corrected chi connectivity index (χ1v) is 11.4. The maximum Gasteiger partial charge on any atom is 0.233 e. The fraction of sp³-hybridized carbons (Fsp3) is 0.571. The minimum atomic E-state index is 0.189. The highest BCUT2D eigenvalue weighted by Crippen LogP contribution is 2.28. The highest BCUT2D eigenvalue weighted by molar-refractivity contribution is 7.99. The normalized spacial score (nSPS) is 20.1. The largest absolute Gasteiger partial charge is 0.378 e. The third kappa shape index (κ3) is 4.59. The molecule has 156 valence electrons. The van der Waals surface area contributed by atoms with Gasteiger partial charge in [-0.1, -0.05) is 23.9 Å². The van der Waals surface area contributed by atoms with Gasteiger partial charge in [0.05, 0.1) is 24.7 Å². The topological polar surface area (TPSA) is 63.5 Å². The number of thioether (sulfide) groups is 1. The van der Waals surface area contributed by atoms with Crippen molar-refractivity contribution < 1.29 is 9.53 Å². The molecule has 1 unspecified atom stereocenters. The summed E-state index contributed by atoms with van der Waals surface area (Å²) in [7, 11) is 0. The molecule has 0 saturated carbocycles. The third-order valence-electron chi connectivity index (χ3n) is 5.62. The first-order chi connectivity index (χ1) is 14.1. The van der Waals surface area contributed by atoms with Crippen molar-refractivity contribution in [1.29, 1.82) is 0 Å². The molecule has 2 saturated heterocycles. The predicted molar refractivity (Wildman–Crippen MR) is 115 cm³/mol. The number of aryl methyl sites for hydroxylation is 1. The lowest BCUT2D eigenvalue weighted by molar-refractivity contribution is -0.131. The van der Waals surface area contributed by atoms with E-state index in [9.17, 15) is 4.79 Å². The average Bonchev–Trinajstić information content (AvgIpc) is 3.17. The van der Waals surface area contributed by atoms with Crippen LogP contribution in [0.5, 0.6) is 0 Å². The van der Waals surface area contributed by atoms with Crippen LogP contribution in [0.2, 0.25) is 0 Å².